The van der Waals surface area contributed by atoms with Crippen molar-refractivity contribution in [1.29, 1.82) is 0 Å². The van der Waals surface area contributed by atoms with Crippen molar-refractivity contribution < 1.29 is 4.79 Å². The van der Waals surface area contributed by atoms with Gasteiger partial charge in [-0.1, -0.05) is 29.5 Å². The van der Waals surface area contributed by atoms with Gasteiger partial charge in [-0.2, -0.15) is 0 Å². The summed E-state index contributed by atoms with van der Waals surface area (Å²) in [5, 5.41) is 7.74. The van der Waals surface area contributed by atoms with E-state index in [1.54, 1.807) is 7.05 Å². The number of nitrogens with zero attached hydrogens (tertiary/aromatic N) is 3. The number of thioether (sulfide) groups is 1. The summed E-state index contributed by atoms with van der Waals surface area (Å²) in [7, 11) is 1.67. The Morgan fingerprint density at radius 2 is 1.90 bits per heavy atom. The van der Waals surface area contributed by atoms with Gasteiger partial charge in [0.1, 0.15) is 4.70 Å². The molecule has 0 spiro atoms. The van der Waals surface area contributed by atoms with Crippen LogP contribution in [0.4, 0.5) is 5.13 Å². The minimum atomic E-state index is -0.182. The molecule has 1 amide bonds. The van der Waals surface area contributed by atoms with Crippen LogP contribution in [0.1, 0.15) is 16.7 Å². The van der Waals surface area contributed by atoms with E-state index in [2.05, 4.69) is 48.2 Å². The van der Waals surface area contributed by atoms with E-state index in [4.69, 9.17) is 0 Å². The minimum Gasteiger partial charge on any atom is -0.301 e. The third-order valence-electron chi connectivity index (χ3n) is 4.66. The molecule has 1 aromatic carbocycles. The van der Waals surface area contributed by atoms with Gasteiger partial charge in [0.25, 0.3) is 5.56 Å². The highest BCUT2D eigenvalue weighted by Gasteiger charge is 2.14. The van der Waals surface area contributed by atoms with Crippen molar-refractivity contribution in [2.24, 2.45) is 7.05 Å². The van der Waals surface area contributed by atoms with Gasteiger partial charge in [0.2, 0.25) is 5.91 Å². The molecule has 0 unspecified atom stereocenters. The summed E-state index contributed by atoms with van der Waals surface area (Å²) >= 11 is 4.02. The van der Waals surface area contributed by atoms with Gasteiger partial charge in [0, 0.05) is 18.0 Å². The molecule has 6 nitrogen and oxygen atoms in total. The largest absolute Gasteiger partial charge is 0.301 e. The van der Waals surface area contributed by atoms with E-state index < -0.39 is 0 Å². The van der Waals surface area contributed by atoms with E-state index >= 15 is 0 Å². The summed E-state index contributed by atoms with van der Waals surface area (Å²) in [6.07, 6.45) is 0. The van der Waals surface area contributed by atoms with E-state index in [1.807, 2.05) is 16.8 Å². The Morgan fingerprint density at radius 1 is 1.17 bits per heavy atom. The molecule has 0 saturated carbocycles. The second kappa shape index (κ2) is 8.33. The third kappa shape index (κ3) is 4.05. The topological polar surface area (TPSA) is 76.9 Å². The standard InChI is InChI=1S/C21H20N4O2S3/c1-11-7-12(2)17(13(3)8-11)15-9-29-20(22-15)24-16(26)10-30-21-23-14-5-6-28-18(14)19(27)25(21)4/h5-9H,10H2,1-4H3,(H,22,24,26). The number of thiazole rings is 1. The second-order valence-corrected chi connectivity index (χ2v) is 9.76. The lowest BCUT2D eigenvalue weighted by Gasteiger charge is -2.09. The lowest BCUT2D eigenvalue weighted by molar-refractivity contribution is -0.113. The molecule has 0 aliphatic heterocycles. The molecule has 0 atom stereocenters. The Labute approximate surface area is 186 Å². The Balaban J connectivity index is 1.46. The number of thiophene rings is 1. The van der Waals surface area contributed by atoms with Crippen LogP contribution in [0, 0.1) is 20.8 Å². The van der Waals surface area contributed by atoms with Crippen molar-refractivity contribution in [2.75, 3.05) is 11.1 Å². The summed E-state index contributed by atoms with van der Waals surface area (Å²) in [6, 6.07) is 6.09. The molecule has 30 heavy (non-hydrogen) atoms. The second-order valence-electron chi connectivity index (χ2n) is 7.04. The first kappa shape index (κ1) is 20.8. The molecule has 0 aliphatic carbocycles. The van der Waals surface area contributed by atoms with Crippen molar-refractivity contribution in [3.05, 3.63) is 56.0 Å². The molecule has 9 heteroatoms. The average Bonchev–Trinajstić information content (AvgIpc) is 3.32. The van der Waals surface area contributed by atoms with E-state index in [1.165, 1.54) is 55.7 Å². The first-order valence-electron chi connectivity index (χ1n) is 9.24. The van der Waals surface area contributed by atoms with Gasteiger partial charge in [-0.15, -0.1) is 22.7 Å². The van der Waals surface area contributed by atoms with Gasteiger partial charge in [-0.25, -0.2) is 9.97 Å². The summed E-state index contributed by atoms with van der Waals surface area (Å²) < 4.78 is 2.12. The molecule has 154 valence electrons. The number of hydrogen-bond acceptors (Lipinski definition) is 7. The number of benzene rings is 1. The number of anilines is 1. The number of aryl methyl sites for hydroxylation is 3. The number of amides is 1. The average molecular weight is 457 g/mol. The van der Waals surface area contributed by atoms with E-state index in [0.29, 0.717) is 20.5 Å². The van der Waals surface area contributed by atoms with Crippen molar-refractivity contribution in [2.45, 2.75) is 25.9 Å². The highest BCUT2D eigenvalue weighted by molar-refractivity contribution is 7.99. The van der Waals surface area contributed by atoms with E-state index in [0.717, 1.165) is 11.3 Å². The van der Waals surface area contributed by atoms with Crippen LogP contribution in [-0.4, -0.2) is 26.2 Å². The van der Waals surface area contributed by atoms with Crippen LogP contribution in [0.2, 0.25) is 0 Å². The maximum atomic E-state index is 12.4. The minimum absolute atomic E-state index is 0.0914. The normalized spacial score (nSPS) is 11.2. The molecule has 0 bridgehead atoms. The van der Waals surface area contributed by atoms with Crippen molar-refractivity contribution in [1.82, 2.24) is 14.5 Å². The number of carbonyl (C=O) groups excluding carboxylic acids is 1. The molecule has 0 saturated heterocycles. The van der Waals surface area contributed by atoms with Gasteiger partial charge in [-0.05, 0) is 43.3 Å². The molecule has 0 fully saturated rings. The molecular weight excluding hydrogens is 436 g/mol. The number of fused-ring (bicyclic) bond motifs is 1. The van der Waals surface area contributed by atoms with Crippen LogP contribution in [0.5, 0.6) is 0 Å². The molecule has 0 aliphatic rings. The summed E-state index contributed by atoms with van der Waals surface area (Å²) in [4.78, 5) is 33.9. The molecular formula is C21H20N4O2S3. The predicted octanol–water partition coefficient (Wildman–Crippen LogP) is 4.77. The number of rotatable bonds is 5. The van der Waals surface area contributed by atoms with Crippen molar-refractivity contribution in [3.8, 4) is 11.3 Å². The fourth-order valence-electron chi connectivity index (χ4n) is 3.41. The summed E-state index contributed by atoms with van der Waals surface area (Å²) in [6.45, 7) is 6.23. The maximum Gasteiger partial charge on any atom is 0.271 e. The zero-order chi connectivity index (χ0) is 21.4. The zero-order valence-corrected chi connectivity index (χ0v) is 19.4. The Bertz CT molecular complexity index is 1300. The number of nitrogens with one attached hydrogen (secondary N) is 1. The fourth-order valence-corrected chi connectivity index (χ4v) is 5.71. The Kier molecular flexibility index (Phi) is 5.77. The number of carbonyl (C=O) groups is 1. The number of aromatic nitrogens is 3. The van der Waals surface area contributed by atoms with Gasteiger partial charge in [0.15, 0.2) is 10.3 Å². The van der Waals surface area contributed by atoms with Crippen LogP contribution in [-0.2, 0) is 11.8 Å². The lowest BCUT2D eigenvalue weighted by Crippen LogP contribution is -2.20. The van der Waals surface area contributed by atoms with Crippen LogP contribution in [0.25, 0.3) is 21.5 Å². The number of hydrogen-bond donors (Lipinski definition) is 1. The van der Waals surface area contributed by atoms with Gasteiger partial charge in [-0.3, -0.25) is 14.2 Å². The van der Waals surface area contributed by atoms with Crippen molar-refractivity contribution in [3.63, 3.8) is 0 Å². The predicted molar refractivity (Wildman–Crippen MR) is 126 cm³/mol. The maximum absolute atomic E-state index is 12.4. The van der Waals surface area contributed by atoms with Gasteiger partial charge >= 0.3 is 0 Å². The Hall–Kier alpha value is -2.49. The SMILES string of the molecule is Cc1cc(C)c(-c2csc(NC(=O)CSc3nc4ccsc4c(=O)n3C)n2)c(C)c1. The smallest absolute Gasteiger partial charge is 0.271 e. The van der Waals surface area contributed by atoms with E-state index in [9.17, 15) is 9.59 Å². The molecule has 4 rings (SSSR count). The molecule has 4 aromatic rings. The highest BCUT2D eigenvalue weighted by atomic mass is 32.2. The Morgan fingerprint density at radius 3 is 2.63 bits per heavy atom. The van der Waals surface area contributed by atoms with Crippen molar-refractivity contribution >= 4 is 55.7 Å². The highest BCUT2D eigenvalue weighted by Crippen LogP contribution is 2.31. The third-order valence-corrected chi connectivity index (χ3v) is 7.34. The monoisotopic (exact) mass is 456 g/mol. The van der Waals surface area contributed by atoms with Gasteiger partial charge in [0.05, 0.1) is 17.0 Å². The van der Waals surface area contributed by atoms with E-state index in [-0.39, 0.29) is 17.2 Å². The van der Waals surface area contributed by atoms with Crippen LogP contribution >= 0.6 is 34.4 Å². The lowest BCUT2D eigenvalue weighted by atomic mass is 9.98. The van der Waals surface area contributed by atoms with Crippen LogP contribution in [0.15, 0.2) is 38.9 Å². The first-order chi connectivity index (χ1) is 14.3. The van der Waals surface area contributed by atoms with Crippen LogP contribution < -0.4 is 10.9 Å². The summed E-state index contributed by atoms with van der Waals surface area (Å²) in [5.41, 5.74) is 6.10. The first-order valence-corrected chi connectivity index (χ1v) is 12.0. The summed E-state index contributed by atoms with van der Waals surface area (Å²) in [5.74, 6) is -0.0362. The molecule has 1 N–H and O–H groups in total. The molecule has 3 aromatic heterocycles. The van der Waals surface area contributed by atoms with Gasteiger partial charge < -0.3 is 5.32 Å². The van der Waals surface area contributed by atoms with Crippen LogP contribution in [0.3, 0.4) is 0 Å². The molecule has 3 heterocycles. The fraction of sp³-hybridized carbons (Fsp3) is 0.238. The quantitative estimate of drug-likeness (QED) is 0.346. The zero-order valence-electron chi connectivity index (χ0n) is 17.0. The molecule has 0 radical (unpaired) electrons.